The summed E-state index contributed by atoms with van der Waals surface area (Å²) in [4.78, 5) is 30.9. The van der Waals surface area contributed by atoms with Gasteiger partial charge in [-0.3, -0.25) is 14.5 Å². The zero-order valence-corrected chi connectivity index (χ0v) is 20.2. The first kappa shape index (κ1) is 24.5. The molecule has 0 aromatic heterocycles. The molecule has 8 heteroatoms. The summed E-state index contributed by atoms with van der Waals surface area (Å²) in [6, 6.07) is 5.23. The smallest absolute Gasteiger partial charge is 0.236 e. The number of phenols is 1. The van der Waals surface area contributed by atoms with E-state index in [0.29, 0.717) is 50.8 Å². The van der Waals surface area contributed by atoms with E-state index in [2.05, 4.69) is 4.90 Å². The SMILES string of the molecule is COc1cc(/C=C/CN2CC(=O)N(CCCN3CCCC3=O)C[C@@H](OCC3CC3)C2)ccc1O. The minimum atomic E-state index is -0.0114. The summed E-state index contributed by atoms with van der Waals surface area (Å²) in [5.41, 5.74) is 0.926. The molecule has 4 rings (SSSR count). The first-order chi connectivity index (χ1) is 16.5. The van der Waals surface area contributed by atoms with Crippen molar-refractivity contribution in [1.29, 1.82) is 0 Å². The summed E-state index contributed by atoms with van der Waals surface area (Å²) in [7, 11) is 1.53. The van der Waals surface area contributed by atoms with Crippen molar-refractivity contribution in [2.45, 2.75) is 38.2 Å². The van der Waals surface area contributed by atoms with Crippen molar-refractivity contribution in [2.75, 3.05) is 59.5 Å². The van der Waals surface area contributed by atoms with Crippen LogP contribution < -0.4 is 4.74 Å². The van der Waals surface area contributed by atoms with Crippen LogP contribution in [-0.4, -0.2) is 97.3 Å². The van der Waals surface area contributed by atoms with Gasteiger partial charge < -0.3 is 24.4 Å². The van der Waals surface area contributed by atoms with Gasteiger partial charge in [-0.25, -0.2) is 0 Å². The Bertz CT molecular complexity index is 885. The van der Waals surface area contributed by atoms with Gasteiger partial charge in [0.25, 0.3) is 0 Å². The largest absolute Gasteiger partial charge is 0.504 e. The van der Waals surface area contributed by atoms with Crippen molar-refractivity contribution < 1.29 is 24.2 Å². The van der Waals surface area contributed by atoms with Gasteiger partial charge in [0.15, 0.2) is 11.5 Å². The van der Waals surface area contributed by atoms with Crippen LogP contribution in [0.2, 0.25) is 0 Å². The summed E-state index contributed by atoms with van der Waals surface area (Å²) < 4.78 is 11.4. The normalized spacial score (nSPS) is 22.1. The van der Waals surface area contributed by atoms with Crippen LogP contribution >= 0.6 is 0 Å². The number of phenolic OH excluding ortho intramolecular Hbond substituents is 1. The number of hydrogen-bond acceptors (Lipinski definition) is 6. The molecule has 3 fully saturated rings. The number of carbonyl (C=O) groups is 2. The number of hydrogen-bond donors (Lipinski definition) is 1. The van der Waals surface area contributed by atoms with E-state index < -0.39 is 0 Å². The maximum absolute atomic E-state index is 13.0. The van der Waals surface area contributed by atoms with E-state index in [0.717, 1.165) is 38.1 Å². The van der Waals surface area contributed by atoms with Crippen LogP contribution in [0.15, 0.2) is 24.3 Å². The number of methoxy groups -OCH3 is 1. The Kier molecular flexibility index (Phi) is 8.45. The molecule has 0 unspecified atom stereocenters. The second-order valence-corrected chi connectivity index (χ2v) is 9.60. The van der Waals surface area contributed by atoms with Gasteiger partial charge in [-0.1, -0.05) is 18.2 Å². The number of rotatable bonds is 11. The second-order valence-electron chi connectivity index (χ2n) is 9.60. The van der Waals surface area contributed by atoms with Gasteiger partial charge in [-0.05, 0) is 49.3 Å². The third-order valence-corrected chi connectivity index (χ3v) is 6.77. The molecule has 1 N–H and O–H groups in total. The zero-order chi connectivity index (χ0) is 23.9. The number of likely N-dealkylation sites (tertiary alicyclic amines) is 1. The summed E-state index contributed by atoms with van der Waals surface area (Å²) in [6.07, 6.45) is 8.87. The molecule has 2 amide bonds. The van der Waals surface area contributed by atoms with Crippen LogP contribution in [0.4, 0.5) is 0 Å². The Hall–Kier alpha value is -2.58. The van der Waals surface area contributed by atoms with Gasteiger partial charge in [0, 0.05) is 52.3 Å². The molecule has 34 heavy (non-hydrogen) atoms. The molecule has 1 saturated carbocycles. The summed E-state index contributed by atoms with van der Waals surface area (Å²) in [5, 5.41) is 9.78. The quantitative estimate of drug-likeness (QED) is 0.534. The molecule has 2 aliphatic heterocycles. The lowest BCUT2D eigenvalue weighted by Crippen LogP contribution is -2.40. The minimum absolute atomic E-state index is 0.0114. The molecule has 8 nitrogen and oxygen atoms in total. The van der Waals surface area contributed by atoms with Crippen molar-refractivity contribution in [2.24, 2.45) is 5.92 Å². The van der Waals surface area contributed by atoms with Crippen molar-refractivity contribution in [3.05, 3.63) is 29.8 Å². The van der Waals surface area contributed by atoms with Gasteiger partial charge in [0.2, 0.25) is 11.8 Å². The summed E-state index contributed by atoms with van der Waals surface area (Å²) in [6.45, 7) is 5.29. The van der Waals surface area contributed by atoms with Crippen LogP contribution in [0.5, 0.6) is 11.5 Å². The average molecular weight is 472 g/mol. The fourth-order valence-corrected chi connectivity index (χ4v) is 4.59. The molecular weight excluding hydrogens is 434 g/mol. The zero-order valence-electron chi connectivity index (χ0n) is 20.2. The van der Waals surface area contributed by atoms with Gasteiger partial charge >= 0.3 is 0 Å². The number of amides is 2. The fourth-order valence-electron chi connectivity index (χ4n) is 4.59. The fraction of sp³-hybridized carbons (Fsp3) is 0.615. The lowest BCUT2D eigenvalue weighted by molar-refractivity contribution is -0.131. The van der Waals surface area contributed by atoms with Gasteiger partial charge in [0.05, 0.1) is 19.8 Å². The number of ether oxygens (including phenoxy) is 2. The van der Waals surface area contributed by atoms with Crippen LogP contribution in [0.3, 0.4) is 0 Å². The molecule has 0 spiro atoms. The third-order valence-electron chi connectivity index (χ3n) is 6.77. The molecule has 1 aliphatic carbocycles. The molecule has 0 bridgehead atoms. The lowest BCUT2D eigenvalue weighted by Gasteiger charge is -2.25. The molecule has 1 atom stereocenters. The second kappa shape index (κ2) is 11.7. The third kappa shape index (κ3) is 6.96. The van der Waals surface area contributed by atoms with E-state index in [4.69, 9.17) is 9.47 Å². The Morgan fingerprint density at radius 1 is 1.12 bits per heavy atom. The highest BCUT2D eigenvalue weighted by molar-refractivity contribution is 5.79. The Morgan fingerprint density at radius 3 is 2.68 bits per heavy atom. The van der Waals surface area contributed by atoms with Crippen LogP contribution in [0.1, 0.15) is 37.7 Å². The van der Waals surface area contributed by atoms with Crippen LogP contribution in [0, 0.1) is 5.92 Å². The minimum Gasteiger partial charge on any atom is -0.504 e. The number of benzene rings is 1. The van der Waals surface area contributed by atoms with Crippen molar-refractivity contribution in [3.8, 4) is 11.5 Å². The van der Waals surface area contributed by atoms with Gasteiger partial charge in [-0.15, -0.1) is 0 Å². The topological polar surface area (TPSA) is 82.6 Å². The molecule has 186 valence electrons. The van der Waals surface area contributed by atoms with Crippen LogP contribution in [0.25, 0.3) is 6.08 Å². The van der Waals surface area contributed by atoms with E-state index in [1.54, 1.807) is 12.1 Å². The van der Waals surface area contributed by atoms with Crippen LogP contribution in [-0.2, 0) is 14.3 Å². The number of carbonyl (C=O) groups excluding carboxylic acids is 2. The summed E-state index contributed by atoms with van der Waals surface area (Å²) >= 11 is 0. The van der Waals surface area contributed by atoms with E-state index in [1.807, 2.05) is 28.0 Å². The highest BCUT2D eigenvalue weighted by Gasteiger charge is 2.30. The lowest BCUT2D eigenvalue weighted by atomic mass is 10.2. The predicted octanol–water partition coefficient (Wildman–Crippen LogP) is 2.37. The molecule has 0 radical (unpaired) electrons. The highest BCUT2D eigenvalue weighted by Crippen LogP contribution is 2.29. The summed E-state index contributed by atoms with van der Waals surface area (Å²) in [5.74, 6) is 1.57. The van der Waals surface area contributed by atoms with E-state index >= 15 is 0 Å². The molecule has 3 aliphatic rings. The standard InChI is InChI=1S/C26H37N3O5/c1-33-24-15-20(9-10-23(24)30)5-2-11-27-16-22(34-19-21-7-8-21)17-29(26(32)18-27)14-4-13-28-12-3-6-25(28)31/h2,5,9-10,15,21-22,30H,3-4,6-8,11-14,16-19H2,1H3/b5-2+/t22-/m0/s1. The van der Waals surface area contributed by atoms with Crippen molar-refractivity contribution >= 4 is 17.9 Å². The van der Waals surface area contributed by atoms with Crippen molar-refractivity contribution in [3.63, 3.8) is 0 Å². The maximum Gasteiger partial charge on any atom is 0.236 e. The van der Waals surface area contributed by atoms with Gasteiger partial charge in [0.1, 0.15) is 0 Å². The molecule has 2 saturated heterocycles. The Morgan fingerprint density at radius 2 is 1.94 bits per heavy atom. The molecule has 1 aromatic carbocycles. The molecular formula is C26H37N3O5. The molecule has 2 heterocycles. The highest BCUT2D eigenvalue weighted by atomic mass is 16.5. The predicted molar refractivity (Wildman–Crippen MR) is 130 cm³/mol. The number of nitrogens with zero attached hydrogens (tertiary/aromatic N) is 3. The first-order valence-electron chi connectivity index (χ1n) is 12.4. The average Bonchev–Trinajstić information content (AvgIpc) is 3.59. The Balaban J connectivity index is 1.33. The van der Waals surface area contributed by atoms with E-state index in [-0.39, 0.29) is 23.7 Å². The Labute approximate surface area is 202 Å². The van der Waals surface area contributed by atoms with E-state index in [9.17, 15) is 14.7 Å². The number of aromatic hydroxyl groups is 1. The maximum atomic E-state index is 13.0. The van der Waals surface area contributed by atoms with Crippen molar-refractivity contribution in [1.82, 2.24) is 14.7 Å². The first-order valence-corrected chi connectivity index (χ1v) is 12.4. The van der Waals surface area contributed by atoms with E-state index in [1.165, 1.54) is 20.0 Å². The molecule has 1 aromatic rings. The van der Waals surface area contributed by atoms with Gasteiger partial charge in [-0.2, -0.15) is 0 Å². The monoisotopic (exact) mass is 471 g/mol.